The van der Waals surface area contributed by atoms with Gasteiger partial charge in [0.1, 0.15) is 5.58 Å². The number of anilines is 1. The summed E-state index contributed by atoms with van der Waals surface area (Å²) in [5.41, 5.74) is 10.0. The maximum absolute atomic E-state index is 11.9. The lowest BCUT2D eigenvalue weighted by Gasteiger charge is -2.14. The van der Waals surface area contributed by atoms with Gasteiger partial charge in [0.15, 0.2) is 0 Å². The molecule has 26 heavy (non-hydrogen) atoms. The number of nitrogens with one attached hydrogen (secondary N) is 1. The second kappa shape index (κ2) is 7.04. The molecule has 0 bridgehead atoms. The van der Waals surface area contributed by atoms with Crippen LogP contribution in [0.15, 0.2) is 51.7 Å². The van der Waals surface area contributed by atoms with Crippen molar-refractivity contribution in [2.24, 2.45) is 5.73 Å². The van der Waals surface area contributed by atoms with Crippen LogP contribution in [0.25, 0.3) is 11.0 Å². The van der Waals surface area contributed by atoms with Crippen molar-refractivity contribution in [3.8, 4) is 0 Å². The van der Waals surface area contributed by atoms with E-state index < -0.39 is 5.91 Å². The quantitative estimate of drug-likeness (QED) is 0.683. The van der Waals surface area contributed by atoms with Crippen molar-refractivity contribution in [2.45, 2.75) is 33.2 Å². The van der Waals surface area contributed by atoms with Crippen LogP contribution >= 0.6 is 0 Å². The molecule has 0 saturated carbocycles. The molecule has 3 N–H and O–H groups in total. The van der Waals surface area contributed by atoms with Crippen molar-refractivity contribution in [1.82, 2.24) is 0 Å². The summed E-state index contributed by atoms with van der Waals surface area (Å²) < 4.78 is 5.38. The van der Waals surface area contributed by atoms with Gasteiger partial charge in [-0.1, -0.05) is 13.8 Å². The Morgan fingerprint density at radius 3 is 2.46 bits per heavy atom. The standard InChI is InChI=1S/C21H22N2O3/c1-12(2)17-10-18-15(9-20(24)26-19(18)8-13(17)3)11-23-16-6-4-14(5-7-16)21(22)25/h4-10,12,23H,11H2,1-3H3,(H2,22,25). The smallest absolute Gasteiger partial charge is 0.336 e. The van der Waals surface area contributed by atoms with Gasteiger partial charge in [-0.3, -0.25) is 4.79 Å². The fourth-order valence-corrected chi connectivity index (χ4v) is 3.11. The van der Waals surface area contributed by atoms with Crippen LogP contribution in [0.1, 0.15) is 46.8 Å². The lowest BCUT2D eigenvalue weighted by molar-refractivity contribution is 0.100. The highest BCUT2D eigenvalue weighted by Gasteiger charge is 2.11. The third kappa shape index (κ3) is 3.61. The van der Waals surface area contributed by atoms with Gasteiger partial charge in [0, 0.05) is 29.2 Å². The van der Waals surface area contributed by atoms with Gasteiger partial charge >= 0.3 is 5.63 Å². The summed E-state index contributed by atoms with van der Waals surface area (Å²) in [4.78, 5) is 23.1. The first-order chi connectivity index (χ1) is 12.3. The third-order valence-electron chi connectivity index (χ3n) is 4.49. The fourth-order valence-electron chi connectivity index (χ4n) is 3.11. The molecule has 0 aliphatic heterocycles. The maximum atomic E-state index is 11.9. The van der Waals surface area contributed by atoms with Gasteiger partial charge in [0.25, 0.3) is 0 Å². The number of rotatable bonds is 5. The van der Waals surface area contributed by atoms with Crippen LogP contribution in [0.3, 0.4) is 0 Å². The molecule has 3 rings (SSSR count). The zero-order chi connectivity index (χ0) is 18.8. The predicted octanol–water partition coefficient (Wildman–Crippen LogP) is 3.94. The highest BCUT2D eigenvalue weighted by molar-refractivity contribution is 5.93. The van der Waals surface area contributed by atoms with Gasteiger partial charge in [-0.05, 0) is 65.9 Å². The zero-order valence-electron chi connectivity index (χ0n) is 15.1. The molecule has 3 aromatic rings. The van der Waals surface area contributed by atoms with Crippen molar-refractivity contribution in [2.75, 3.05) is 5.32 Å². The largest absolute Gasteiger partial charge is 0.423 e. The first kappa shape index (κ1) is 17.7. The number of fused-ring (bicyclic) bond motifs is 1. The molecule has 0 radical (unpaired) electrons. The predicted molar refractivity (Wildman–Crippen MR) is 104 cm³/mol. The highest BCUT2D eigenvalue weighted by Crippen LogP contribution is 2.27. The molecule has 1 aromatic heterocycles. The monoisotopic (exact) mass is 350 g/mol. The van der Waals surface area contributed by atoms with E-state index >= 15 is 0 Å². The average molecular weight is 350 g/mol. The van der Waals surface area contributed by atoms with Crippen LogP contribution in [-0.2, 0) is 6.54 Å². The number of benzene rings is 2. The van der Waals surface area contributed by atoms with E-state index in [0.717, 1.165) is 22.2 Å². The number of nitrogens with two attached hydrogens (primary N) is 1. The molecule has 1 heterocycles. The minimum Gasteiger partial charge on any atom is -0.423 e. The SMILES string of the molecule is Cc1cc2oc(=O)cc(CNc3ccc(C(N)=O)cc3)c2cc1C(C)C. The van der Waals surface area contributed by atoms with Crippen molar-refractivity contribution in [3.05, 3.63) is 75.1 Å². The van der Waals surface area contributed by atoms with E-state index in [9.17, 15) is 9.59 Å². The van der Waals surface area contributed by atoms with Crippen LogP contribution in [0.2, 0.25) is 0 Å². The van der Waals surface area contributed by atoms with E-state index in [2.05, 4.69) is 25.2 Å². The van der Waals surface area contributed by atoms with Crippen molar-refractivity contribution < 1.29 is 9.21 Å². The molecule has 5 heteroatoms. The molecule has 0 aliphatic carbocycles. The van der Waals surface area contributed by atoms with Crippen LogP contribution in [0.4, 0.5) is 5.69 Å². The first-order valence-corrected chi connectivity index (χ1v) is 8.56. The molecule has 0 saturated heterocycles. The summed E-state index contributed by atoms with van der Waals surface area (Å²) in [6.07, 6.45) is 0. The normalized spacial score (nSPS) is 11.1. The Labute approximate surface area is 151 Å². The molecule has 0 unspecified atom stereocenters. The third-order valence-corrected chi connectivity index (χ3v) is 4.49. The van der Waals surface area contributed by atoms with E-state index in [1.807, 2.05) is 13.0 Å². The van der Waals surface area contributed by atoms with Crippen molar-refractivity contribution in [3.63, 3.8) is 0 Å². The Morgan fingerprint density at radius 1 is 1.15 bits per heavy atom. The van der Waals surface area contributed by atoms with E-state index in [1.54, 1.807) is 24.3 Å². The average Bonchev–Trinajstić information content (AvgIpc) is 2.59. The number of hydrogen-bond acceptors (Lipinski definition) is 4. The molecular weight excluding hydrogens is 328 g/mol. The zero-order valence-corrected chi connectivity index (χ0v) is 15.1. The minimum absolute atomic E-state index is 0.366. The molecule has 134 valence electrons. The van der Waals surface area contributed by atoms with Gasteiger partial charge in [-0.2, -0.15) is 0 Å². The van der Waals surface area contributed by atoms with E-state index in [0.29, 0.717) is 23.6 Å². The van der Waals surface area contributed by atoms with E-state index in [1.165, 1.54) is 11.6 Å². The highest BCUT2D eigenvalue weighted by atomic mass is 16.4. The molecule has 1 amide bonds. The molecule has 0 aliphatic rings. The topological polar surface area (TPSA) is 85.3 Å². The number of carbonyl (C=O) groups is 1. The lowest BCUT2D eigenvalue weighted by Crippen LogP contribution is -2.11. The molecule has 2 aromatic carbocycles. The second-order valence-electron chi connectivity index (χ2n) is 6.75. The second-order valence-corrected chi connectivity index (χ2v) is 6.75. The molecule has 5 nitrogen and oxygen atoms in total. The Kier molecular flexibility index (Phi) is 4.80. The summed E-state index contributed by atoms with van der Waals surface area (Å²) in [5.74, 6) is -0.0757. The van der Waals surface area contributed by atoms with Crippen LogP contribution in [0.5, 0.6) is 0 Å². The summed E-state index contributed by atoms with van der Waals surface area (Å²) in [7, 11) is 0. The number of hydrogen-bond donors (Lipinski definition) is 2. The van der Waals surface area contributed by atoms with Crippen LogP contribution < -0.4 is 16.7 Å². The van der Waals surface area contributed by atoms with Gasteiger partial charge in [0.2, 0.25) is 5.91 Å². The van der Waals surface area contributed by atoms with Gasteiger partial charge in [0.05, 0.1) is 0 Å². The Bertz CT molecular complexity index is 1020. The number of aryl methyl sites for hydroxylation is 1. The Balaban J connectivity index is 1.94. The van der Waals surface area contributed by atoms with Crippen molar-refractivity contribution >= 4 is 22.6 Å². The summed E-state index contributed by atoms with van der Waals surface area (Å²) >= 11 is 0. The van der Waals surface area contributed by atoms with Gasteiger partial charge in [-0.15, -0.1) is 0 Å². The van der Waals surface area contributed by atoms with Gasteiger partial charge < -0.3 is 15.5 Å². The molecule has 0 spiro atoms. The maximum Gasteiger partial charge on any atom is 0.336 e. The lowest BCUT2D eigenvalue weighted by atomic mass is 9.95. The summed E-state index contributed by atoms with van der Waals surface area (Å²) in [6, 6.07) is 12.5. The van der Waals surface area contributed by atoms with Crippen LogP contribution in [-0.4, -0.2) is 5.91 Å². The molecular formula is C21H22N2O3. The number of amides is 1. The van der Waals surface area contributed by atoms with E-state index in [-0.39, 0.29) is 5.63 Å². The van der Waals surface area contributed by atoms with Gasteiger partial charge in [-0.25, -0.2) is 4.79 Å². The Hall–Kier alpha value is -3.08. The first-order valence-electron chi connectivity index (χ1n) is 8.56. The van der Waals surface area contributed by atoms with E-state index in [4.69, 9.17) is 10.2 Å². The fraction of sp³-hybridized carbons (Fsp3) is 0.238. The van der Waals surface area contributed by atoms with Crippen molar-refractivity contribution in [1.29, 1.82) is 0 Å². The molecule has 0 atom stereocenters. The summed E-state index contributed by atoms with van der Waals surface area (Å²) in [5, 5.41) is 4.21. The minimum atomic E-state index is -0.459. The Morgan fingerprint density at radius 2 is 1.85 bits per heavy atom. The number of carbonyl (C=O) groups excluding carboxylic acids is 1. The summed E-state index contributed by atoms with van der Waals surface area (Å²) in [6.45, 7) is 6.79. The number of primary amides is 1. The molecule has 0 fully saturated rings. The van der Waals surface area contributed by atoms with Crippen LogP contribution in [0, 0.1) is 6.92 Å².